The number of hydrogen-bond acceptors (Lipinski definition) is 5. The van der Waals surface area contributed by atoms with Crippen LogP contribution in [0.5, 0.6) is 5.75 Å². The molecule has 4 aromatic rings. The van der Waals surface area contributed by atoms with Crippen molar-refractivity contribution in [3.8, 4) is 11.4 Å². The standard InChI is InChI=1S/C27H26ClN3O3S/c1-4-30(5-2)25(32)19-9-14-23-24(16-19)29-27(35-17-18-7-6-8-20(28)15-18)31(26(23)33)21-10-12-22(34-3)13-11-21/h6-16H,4-5,17H2,1-3H3. The molecule has 8 heteroatoms. The zero-order chi connectivity index (χ0) is 24.9. The molecule has 0 spiro atoms. The van der Waals surface area contributed by atoms with Gasteiger partial charge in [0.05, 0.1) is 23.7 Å². The Hall–Kier alpha value is -3.29. The smallest absolute Gasteiger partial charge is 0.266 e. The van der Waals surface area contributed by atoms with Crippen molar-refractivity contribution in [3.05, 3.63) is 93.2 Å². The molecule has 0 fully saturated rings. The number of ether oxygens (including phenoxy) is 1. The SMILES string of the molecule is CCN(CC)C(=O)c1ccc2c(=O)n(-c3ccc(OC)cc3)c(SCc3cccc(Cl)c3)nc2c1. The van der Waals surface area contributed by atoms with E-state index in [9.17, 15) is 9.59 Å². The number of carbonyl (C=O) groups excluding carboxylic acids is 1. The van der Waals surface area contributed by atoms with Gasteiger partial charge in [-0.1, -0.05) is 35.5 Å². The molecule has 0 aliphatic carbocycles. The zero-order valence-electron chi connectivity index (χ0n) is 19.8. The number of nitrogens with zero attached hydrogens (tertiary/aromatic N) is 3. The summed E-state index contributed by atoms with van der Waals surface area (Å²) in [6.07, 6.45) is 0. The predicted octanol–water partition coefficient (Wildman–Crippen LogP) is 5.82. The number of thioether (sulfide) groups is 1. The number of amides is 1. The van der Waals surface area contributed by atoms with E-state index in [2.05, 4.69) is 0 Å². The highest BCUT2D eigenvalue weighted by Crippen LogP contribution is 2.27. The van der Waals surface area contributed by atoms with Gasteiger partial charge in [0.2, 0.25) is 0 Å². The fourth-order valence-electron chi connectivity index (χ4n) is 3.82. The number of carbonyl (C=O) groups is 1. The summed E-state index contributed by atoms with van der Waals surface area (Å²) < 4.78 is 6.87. The van der Waals surface area contributed by atoms with E-state index in [1.807, 2.05) is 62.4 Å². The summed E-state index contributed by atoms with van der Waals surface area (Å²) in [5, 5.41) is 1.63. The maximum absolute atomic E-state index is 13.7. The van der Waals surface area contributed by atoms with Gasteiger partial charge in [-0.05, 0) is 74.0 Å². The normalized spacial score (nSPS) is 11.0. The van der Waals surface area contributed by atoms with Gasteiger partial charge >= 0.3 is 0 Å². The Morgan fingerprint density at radius 3 is 2.46 bits per heavy atom. The minimum absolute atomic E-state index is 0.0776. The van der Waals surface area contributed by atoms with Crippen LogP contribution in [0.4, 0.5) is 0 Å². The molecule has 3 aromatic carbocycles. The van der Waals surface area contributed by atoms with Gasteiger partial charge in [0.1, 0.15) is 5.75 Å². The zero-order valence-corrected chi connectivity index (χ0v) is 21.4. The molecule has 6 nitrogen and oxygen atoms in total. The van der Waals surface area contributed by atoms with Crippen LogP contribution in [-0.2, 0) is 5.75 Å². The molecule has 0 aliphatic heterocycles. The molecule has 0 saturated heterocycles. The summed E-state index contributed by atoms with van der Waals surface area (Å²) in [4.78, 5) is 33.1. The maximum Gasteiger partial charge on any atom is 0.266 e. The van der Waals surface area contributed by atoms with Crippen LogP contribution in [0.3, 0.4) is 0 Å². The minimum atomic E-state index is -0.199. The second-order valence-electron chi connectivity index (χ2n) is 7.86. The molecule has 0 radical (unpaired) electrons. The van der Waals surface area contributed by atoms with Crippen molar-refractivity contribution in [2.75, 3.05) is 20.2 Å². The fourth-order valence-corrected chi connectivity index (χ4v) is 4.99. The Balaban J connectivity index is 1.83. The number of rotatable bonds is 8. The van der Waals surface area contributed by atoms with Gasteiger partial charge in [-0.25, -0.2) is 4.98 Å². The van der Waals surface area contributed by atoms with Gasteiger partial charge < -0.3 is 9.64 Å². The first-order chi connectivity index (χ1) is 16.9. The topological polar surface area (TPSA) is 64.4 Å². The number of benzene rings is 3. The highest BCUT2D eigenvalue weighted by atomic mass is 35.5. The first kappa shape index (κ1) is 24.8. The van der Waals surface area contributed by atoms with Crippen molar-refractivity contribution in [3.63, 3.8) is 0 Å². The quantitative estimate of drug-likeness (QED) is 0.222. The Kier molecular flexibility index (Phi) is 7.78. The Morgan fingerprint density at radius 2 is 1.80 bits per heavy atom. The van der Waals surface area contributed by atoms with Crippen LogP contribution in [0.1, 0.15) is 29.8 Å². The highest BCUT2D eigenvalue weighted by Gasteiger charge is 2.18. The third kappa shape index (κ3) is 5.36. The molecule has 0 N–H and O–H groups in total. The lowest BCUT2D eigenvalue weighted by Gasteiger charge is -2.19. The first-order valence-corrected chi connectivity index (χ1v) is 12.7. The molecular formula is C27H26ClN3O3S. The summed E-state index contributed by atoms with van der Waals surface area (Å²) in [5.74, 6) is 1.20. The second kappa shape index (κ2) is 11.0. The van der Waals surface area contributed by atoms with Crippen molar-refractivity contribution in [2.24, 2.45) is 0 Å². The van der Waals surface area contributed by atoms with E-state index in [1.165, 1.54) is 11.8 Å². The van der Waals surface area contributed by atoms with Crippen molar-refractivity contribution in [1.82, 2.24) is 14.5 Å². The van der Waals surface area contributed by atoms with Gasteiger partial charge in [0, 0.05) is 29.4 Å². The molecule has 35 heavy (non-hydrogen) atoms. The van der Waals surface area contributed by atoms with Gasteiger partial charge in [-0.15, -0.1) is 0 Å². The first-order valence-electron chi connectivity index (χ1n) is 11.3. The Bertz CT molecular complexity index is 1420. The highest BCUT2D eigenvalue weighted by molar-refractivity contribution is 7.98. The van der Waals surface area contributed by atoms with Crippen LogP contribution >= 0.6 is 23.4 Å². The largest absolute Gasteiger partial charge is 0.497 e. The predicted molar refractivity (Wildman–Crippen MR) is 142 cm³/mol. The van der Waals surface area contributed by atoms with Gasteiger partial charge in [0.25, 0.3) is 11.5 Å². The van der Waals surface area contributed by atoms with Gasteiger partial charge in [-0.3, -0.25) is 14.2 Å². The minimum Gasteiger partial charge on any atom is -0.497 e. The van der Waals surface area contributed by atoms with Crippen LogP contribution in [0.25, 0.3) is 16.6 Å². The van der Waals surface area contributed by atoms with Gasteiger partial charge in [0.15, 0.2) is 5.16 Å². The van der Waals surface area contributed by atoms with E-state index in [0.29, 0.717) is 56.9 Å². The molecule has 0 aliphatic rings. The van der Waals surface area contributed by atoms with Crippen LogP contribution in [0, 0.1) is 0 Å². The molecule has 0 unspecified atom stereocenters. The van der Waals surface area contributed by atoms with E-state index in [-0.39, 0.29) is 11.5 Å². The van der Waals surface area contributed by atoms with E-state index < -0.39 is 0 Å². The number of halogens is 1. The van der Waals surface area contributed by atoms with Crippen LogP contribution < -0.4 is 10.3 Å². The van der Waals surface area contributed by atoms with Crippen LogP contribution in [0.15, 0.2) is 76.7 Å². The number of aromatic nitrogens is 2. The number of fused-ring (bicyclic) bond motifs is 1. The molecule has 0 atom stereocenters. The van der Waals surface area contributed by atoms with Crippen LogP contribution in [0.2, 0.25) is 5.02 Å². The lowest BCUT2D eigenvalue weighted by atomic mass is 10.1. The van der Waals surface area contributed by atoms with E-state index >= 15 is 0 Å². The summed E-state index contributed by atoms with van der Waals surface area (Å²) in [6, 6.07) is 20.0. The Labute approximate surface area is 213 Å². The summed E-state index contributed by atoms with van der Waals surface area (Å²) in [5.41, 5.74) is 2.51. The molecule has 4 rings (SSSR count). The summed E-state index contributed by atoms with van der Waals surface area (Å²) in [6.45, 7) is 5.11. The van der Waals surface area contributed by atoms with E-state index in [4.69, 9.17) is 21.3 Å². The van der Waals surface area contributed by atoms with Crippen LogP contribution in [-0.4, -0.2) is 40.6 Å². The number of hydrogen-bond donors (Lipinski definition) is 0. The molecular weight excluding hydrogens is 482 g/mol. The van der Waals surface area contributed by atoms with Crippen molar-refractivity contribution in [2.45, 2.75) is 24.8 Å². The van der Waals surface area contributed by atoms with Gasteiger partial charge in [-0.2, -0.15) is 0 Å². The third-order valence-electron chi connectivity index (χ3n) is 5.72. The molecule has 1 aromatic heterocycles. The van der Waals surface area contributed by atoms with Crippen molar-refractivity contribution >= 4 is 40.2 Å². The Morgan fingerprint density at radius 1 is 1.06 bits per heavy atom. The second-order valence-corrected chi connectivity index (χ2v) is 9.24. The van der Waals surface area contributed by atoms with E-state index in [0.717, 1.165) is 5.56 Å². The third-order valence-corrected chi connectivity index (χ3v) is 6.97. The average Bonchev–Trinajstić information content (AvgIpc) is 2.88. The van der Waals surface area contributed by atoms with Crippen molar-refractivity contribution in [1.29, 1.82) is 0 Å². The lowest BCUT2D eigenvalue weighted by molar-refractivity contribution is 0.0773. The lowest BCUT2D eigenvalue weighted by Crippen LogP contribution is -2.30. The monoisotopic (exact) mass is 507 g/mol. The summed E-state index contributed by atoms with van der Waals surface area (Å²) >= 11 is 7.59. The summed E-state index contributed by atoms with van der Waals surface area (Å²) in [7, 11) is 1.60. The maximum atomic E-state index is 13.7. The molecule has 1 amide bonds. The average molecular weight is 508 g/mol. The van der Waals surface area contributed by atoms with Crippen molar-refractivity contribution < 1.29 is 9.53 Å². The molecule has 1 heterocycles. The fraction of sp³-hybridized carbons (Fsp3) is 0.222. The molecule has 0 saturated carbocycles. The molecule has 180 valence electrons. The number of methoxy groups -OCH3 is 1. The molecule has 0 bridgehead atoms. The van der Waals surface area contributed by atoms with E-state index in [1.54, 1.807) is 34.8 Å².